The number of anilines is 1. The molecule has 0 saturated carbocycles. The van der Waals surface area contributed by atoms with Crippen molar-refractivity contribution in [2.75, 3.05) is 12.3 Å². The summed E-state index contributed by atoms with van der Waals surface area (Å²) in [5, 5.41) is 10.7. The van der Waals surface area contributed by atoms with Gasteiger partial charge in [-0.1, -0.05) is 0 Å². The second-order valence-corrected chi connectivity index (χ2v) is 5.48. The monoisotopic (exact) mass is 425 g/mol. The maximum Gasteiger partial charge on any atom is 0.419 e. The maximum absolute atomic E-state index is 12.6. The van der Waals surface area contributed by atoms with Crippen molar-refractivity contribution in [3.63, 3.8) is 0 Å². The van der Waals surface area contributed by atoms with E-state index in [4.69, 9.17) is 10.8 Å². The predicted molar refractivity (Wildman–Crippen MR) is 72.1 cm³/mol. The number of amides is 1. The summed E-state index contributed by atoms with van der Waals surface area (Å²) in [5.41, 5.74) is 0.146. The van der Waals surface area contributed by atoms with Crippen molar-refractivity contribution in [3.05, 3.63) is 16.2 Å². The van der Waals surface area contributed by atoms with Gasteiger partial charge in [-0.15, -0.1) is 0 Å². The number of hydrogen-bond acceptors (Lipinski definition) is 5. The van der Waals surface area contributed by atoms with Gasteiger partial charge in [0, 0.05) is 0 Å². The van der Waals surface area contributed by atoms with Gasteiger partial charge in [-0.3, -0.25) is 0 Å². The molecule has 1 rings (SSSR count). The summed E-state index contributed by atoms with van der Waals surface area (Å²) in [6, 6.07) is 0.436. The lowest BCUT2D eigenvalue weighted by molar-refractivity contribution is -0.249. The number of nitrogens with one attached hydrogen (secondary N) is 1. The van der Waals surface area contributed by atoms with Gasteiger partial charge in [0.15, 0.2) is 5.60 Å². The number of alkyl halides is 6. The fourth-order valence-corrected chi connectivity index (χ4v) is 1.74. The molecular formula is C11H10BrF6N3O3. The Morgan fingerprint density at radius 3 is 2.38 bits per heavy atom. The molecule has 24 heavy (non-hydrogen) atoms. The third-order valence-corrected chi connectivity index (χ3v) is 3.26. The van der Waals surface area contributed by atoms with E-state index in [-0.39, 0.29) is 0 Å². The van der Waals surface area contributed by atoms with Crippen LogP contribution in [-0.4, -0.2) is 34.5 Å². The Hall–Kier alpha value is -1.76. The first-order valence-electron chi connectivity index (χ1n) is 5.93. The number of carbonyl (C=O) groups excluding carboxylic acids is 1. The highest BCUT2D eigenvalue weighted by atomic mass is 79.9. The number of aliphatic hydroxyl groups is 1. The Morgan fingerprint density at radius 2 is 1.92 bits per heavy atom. The number of nitrogens with two attached hydrogens (primary N) is 1. The molecule has 1 aromatic rings. The molecule has 0 spiro atoms. The van der Waals surface area contributed by atoms with Gasteiger partial charge < -0.3 is 20.9 Å². The first kappa shape index (κ1) is 20.3. The maximum atomic E-state index is 12.6. The molecule has 0 aromatic carbocycles. The highest BCUT2D eigenvalue weighted by molar-refractivity contribution is 9.10. The van der Waals surface area contributed by atoms with Crippen molar-refractivity contribution in [1.82, 2.24) is 10.3 Å². The Kier molecular flexibility index (Phi) is 5.60. The summed E-state index contributed by atoms with van der Waals surface area (Å²) in [4.78, 5) is 14.7. The van der Waals surface area contributed by atoms with Crippen molar-refractivity contribution in [3.8, 4) is 5.88 Å². The predicted octanol–water partition coefficient (Wildman–Crippen LogP) is 2.85. The number of hydrogen-bond donors (Lipinski definition) is 3. The summed E-state index contributed by atoms with van der Waals surface area (Å²) in [6.07, 6.45) is -11.3. The molecule has 1 aromatic heterocycles. The zero-order chi connectivity index (χ0) is 18.9. The summed E-state index contributed by atoms with van der Waals surface area (Å²) in [7, 11) is 0. The molecule has 136 valence electrons. The van der Waals surface area contributed by atoms with Crippen LogP contribution < -0.4 is 15.8 Å². The van der Waals surface area contributed by atoms with Gasteiger partial charge in [0.1, 0.15) is 4.60 Å². The van der Waals surface area contributed by atoms with Crippen molar-refractivity contribution in [2.45, 2.75) is 24.9 Å². The zero-order valence-electron chi connectivity index (χ0n) is 11.7. The minimum Gasteiger partial charge on any atom is -0.394 e. The van der Waals surface area contributed by atoms with Crippen LogP contribution >= 0.6 is 15.9 Å². The molecule has 0 radical (unpaired) electrons. The van der Waals surface area contributed by atoms with E-state index in [9.17, 15) is 31.1 Å². The number of halogens is 7. The number of pyridine rings is 1. The molecule has 0 aliphatic carbocycles. The van der Waals surface area contributed by atoms with Gasteiger partial charge >= 0.3 is 18.4 Å². The summed E-state index contributed by atoms with van der Waals surface area (Å²) in [6.45, 7) is -0.842. The normalized spacial score (nSPS) is 14.9. The van der Waals surface area contributed by atoms with E-state index in [1.807, 2.05) is 0 Å². The third-order valence-electron chi connectivity index (χ3n) is 2.65. The fraction of sp³-hybridized carbons (Fsp3) is 0.455. The fourth-order valence-electron chi connectivity index (χ4n) is 1.24. The molecule has 1 unspecified atom stereocenters. The van der Waals surface area contributed by atoms with Gasteiger partial charge in [-0.2, -0.15) is 26.3 Å². The van der Waals surface area contributed by atoms with Crippen LogP contribution in [0.4, 0.5) is 36.8 Å². The van der Waals surface area contributed by atoms with Crippen LogP contribution in [0.2, 0.25) is 0 Å². The molecule has 6 nitrogen and oxygen atoms in total. The van der Waals surface area contributed by atoms with E-state index in [1.165, 1.54) is 0 Å². The molecule has 1 amide bonds. The average molecular weight is 426 g/mol. The van der Waals surface area contributed by atoms with Crippen LogP contribution in [0.25, 0.3) is 0 Å². The smallest absolute Gasteiger partial charge is 0.394 e. The number of aromatic nitrogens is 1. The third kappa shape index (κ3) is 4.87. The molecule has 0 bridgehead atoms. The molecule has 13 heteroatoms. The number of ether oxygens (including phenoxy) is 1. The molecule has 1 atom stereocenters. The molecular weight excluding hydrogens is 416 g/mol. The summed E-state index contributed by atoms with van der Waals surface area (Å²) >= 11 is 2.52. The standard InChI is InChI=1S/C11H10BrF6N3O3/c1-9(23,11(16,17)18)3-20-8(22)24-7-5(19)2-4(6(12)21-7)10(13,14)15/h2,23H,3,19H2,1H3,(H,20,22). The zero-order valence-corrected chi connectivity index (χ0v) is 13.3. The van der Waals surface area contributed by atoms with Crippen molar-refractivity contribution in [2.24, 2.45) is 0 Å². The summed E-state index contributed by atoms with van der Waals surface area (Å²) < 4.78 is 78.7. The van der Waals surface area contributed by atoms with Crippen molar-refractivity contribution in [1.29, 1.82) is 0 Å². The molecule has 0 aliphatic rings. The number of rotatable bonds is 3. The highest BCUT2D eigenvalue weighted by Gasteiger charge is 2.50. The summed E-state index contributed by atoms with van der Waals surface area (Å²) in [5.74, 6) is -0.751. The largest absolute Gasteiger partial charge is 0.419 e. The Balaban J connectivity index is 2.84. The Morgan fingerprint density at radius 1 is 1.38 bits per heavy atom. The van der Waals surface area contributed by atoms with E-state index in [1.54, 1.807) is 5.32 Å². The van der Waals surface area contributed by atoms with Gasteiger partial charge in [-0.25, -0.2) is 9.78 Å². The van der Waals surface area contributed by atoms with Gasteiger partial charge in [0.2, 0.25) is 5.88 Å². The first-order chi connectivity index (χ1) is 10.6. The van der Waals surface area contributed by atoms with Gasteiger partial charge in [0.05, 0.1) is 17.8 Å². The van der Waals surface area contributed by atoms with Crippen molar-refractivity contribution < 1.29 is 41.0 Å². The quantitative estimate of drug-likeness (QED) is 0.511. The molecule has 0 fully saturated rings. The second-order valence-electron chi connectivity index (χ2n) is 4.73. The molecule has 0 saturated heterocycles. The van der Waals surface area contributed by atoms with Crippen molar-refractivity contribution >= 4 is 27.7 Å². The van der Waals surface area contributed by atoms with Crippen LogP contribution in [0.1, 0.15) is 12.5 Å². The van der Waals surface area contributed by atoms with E-state index in [0.29, 0.717) is 13.0 Å². The van der Waals surface area contributed by atoms with Crippen LogP contribution in [-0.2, 0) is 6.18 Å². The topological polar surface area (TPSA) is 97.5 Å². The second kappa shape index (κ2) is 6.63. The lowest BCUT2D eigenvalue weighted by Gasteiger charge is -2.26. The number of nitrogens with zero attached hydrogens (tertiary/aromatic N) is 1. The Bertz CT molecular complexity index is 633. The lowest BCUT2D eigenvalue weighted by atomic mass is 10.1. The minimum absolute atomic E-state index is 0.411. The SMILES string of the molecule is CC(O)(CNC(=O)Oc1nc(Br)c(C(F)(F)F)cc1N)C(F)(F)F. The van der Waals surface area contributed by atoms with Gasteiger partial charge in [-0.05, 0) is 28.9 Å². The van der Waals surface area contributed by atoms with E-state index in [2.05, 4.69) is 25.7 Å². The van der Waals surface area contributed by atoms with Crippen LogP contribution in [0, 0.1) is 0 Å². The average Bonchev–Trinajstić information content (AvgIpc) is 2.37. The highest BCUT2D eigenvalue weighted by Crippen LogP contribution is 2.37. The first-order valence-corrected chi connectivity index (χ1v) is 6.72. The number of carbonyl (C=O) groups is 1. The van der Waals surface area contributed by atoms with Crippen LogP contribution in [0.15, 0.2) is 10.7 Å². The minimum atomic E-state index is -5.02. The van der Waals surface area contributed by atoms with E-state index >= 15 is 0 Å². The van der Waals surface area contributed by atoms with Gasteiger partial charge in [0.25, 0.3) is 0 Å². The Labute approximate surface area is 139 Å². The van der Waals surface area contributed by atoms with Crippen LogP contribution in [0.3, 0.4) is 0 Å². The lowest BCUT2D eigenvalue weighted by Crippen LogP contribution is -2.51. The number of nitrogen functional groups attached to an aromatic ring is 1. The van der Waals surface area contributed by atoms with E-state index < -0.39 is 52.3 Å². The molecule has 4 N–H and O–H groups in total. The molecule has 1 heterocycles. The molecule has 0 aliphatic heterocycles. The van der Waals surface area contributed by atoms with Crippen LogP contribution in [0.5, 0.6) is 5.88 Å². The van der Waals surface area contributed by atoms with E-state index in [0.717, 1.165) is 0 Å².